The molecule has 8 atom stereocenters. The molecular formula is C24H36O5. The number of carbonyl (C=O) groups is 2. The maximum absolute atomic E-state index is 12.5. The van der Waals surface area contributed by atoms with Crippen molar-refractivity contribution in [2.24, 2.45) is 29.6 Å². The number of carbonyl (C=O) groups excluding carboxylic acids is 2. The van der Waals surface area contributed by atoms with Crippen LogP contribution in [-0.4, -0.2) is 35.4 Å². The van der Waals surface area contributed by atoms with Crippen molar-refractivity contribution in [3.05, 3.63) is 23.8 Å². The van der Waals surface area contributed by atoms with Crippen LogP contribution in [0.1, 0.15) is 66.2 Å². The maximum Gasteiger partial charge on any atom is 0.308 e. The monoisotopic (exact) mass is 404 g/mol. The highest BCUT2D eigenvalue weighted by Crippen LogP contribution is 2.45. The normalized spacial score (nSPS) is 37.9. The third-order valence-corrected chi connectivity index (χ3v) is 6.93. The first-order chi connectivity index (χ1) is 13.8. The molecule has 5 nitrogen and oxygen atoms in total. The first-order valence-electron chi connectivity index (χ1n) is 11.3. The molecule has 1 saturated heterocycles. The van der Waals surface area contributed by atoms with Gasteiger partial charge in [-0.25, -0.2) is 0 Å². The van der Waals surface area contributed by atoms with Gasteiger partial charge in [0.2, 0.25) is 0 Å². The van der Waals surface area contributed by atoms with Gasteiger partial charge in [-0.1, -0.05) is 45.9 Å². The molecule has 1 fully saturated rings. The lowest BCUT2D eigenvalue weighted by Gasteiger charge is -2.43. The van der Waals surface area contributed by atoms with Crippen LogP contribution < -0.4 is 0 Å². The Balaban J connectivity index is 1.74. The molecule has 1 aliphatic heterocycles. The molecule has 0 amide bonds. The van der Waals surface area contributed by atoms with Crippen LogP contribution in [0.5, 0.6) is 0 Å². The molecule has 2 aliphatic carbocycles. The predicted molar refractivity (Wildman–Crippen MR) is 111 cm³/mol. The number of allylic oxidation sites excluding steroid dienone is 3. The van der Waals surface area contributed by atoms with Gasteiger partial charge in [0, 0.05) is 12.3 Å². The summed E-state index contributed by atoms with van der Waals surface area (Å²) in [6, 6.07) is 0. The van der Waals surface area contributed by atoms with Gasteiger partial charge in [0.1, 0.15) is 12.2 Å². The molecule has 5 heteroatoms. The summed E-state index contributed by atoms with van der Waals surface area (Å²) in [5, 5.41) is 9.89. The molecular weight excluding hydrogens is 368 g/mol. The molecule has 0 aromatic carbocycles. The van der Waals surface area contributed by atoms with Crippen LogP contribution in [0, 0.1) is 29.6 Å². The molecule has 0 aromatic rings. The Morgan fingerprint density at radius 2 is 2.07 bits per heavy atom. The summed E-state index contributed by atoms with van der Waals surface area (Å²) in [5.74, 6) is 0.755. The van der Waals surface area contributed by atoms with Crippen molar-refractivity contribution in [2.45, 2.75) is 84.5 Å². The van der Waals surface area contributed by atoms with Gasteiger partial charge in [-0.2, -0.15) is 0 Å². The minimum absolute atomic E-state index is 0.0854. The number of hydrogen-bond donors (Lipinski definition) is 1. The lowest BCUT2D eigenvalue weighted by atomic mass is 9.65. The number of cyclic esters (lactones) is 1. The topological polar surface area (TPSA) is 72.8 Å². The molecule has 0 spiro atoms. The van der Waals surface area contributed by atoms with Crippen LogP contribution in [0.25, 0.3) is 0 Å². The predicted octanol–water partition coefficient (Wildman–Crippen LogP) is 4.20. The standard InChI is InChI=1S/C24H36O5/c1-5-15(3)24(27)29-21-11-14(2)10-17-7-6-16(4)20(23(17)21)9-8-19-12-18(25)13-22(26)28-19/h6-7,10,14-16,18-21,23,25H,5,8-9,11-13H2,1-4H3/t14-,15-,16-,18-,19+,20-,21-,23?/m0/s1. The van der Waals surface area contributed by atoms with Crippen LogP contribution in [0.15, 0.2) is 23.8 Å². The molecule has 0 bridgehead atoms. The van der Waals surface area contributed by atoms with Crippen LogP contribution in [0.3, 0.4) is 0 Å². The van der Waals surface area contributed by atoms with E-state index in [1.165, 1.54) is 5.57 Å². The summed E-state index contributed by atoms with van der Waals surface area (Å²) in [7, 11) is 0. The van der Waals surface area contributed by atoms with Gasteiger partial charge in [0.25, 0.3) is 0 Å². The van der Waals surface area contributed by atoms with Crippen LogP contribution in [-0.2, 0) is 19.1 Å². The number of esters is 2. The number of aliphatic hydroxyl groups excluding tert-OH is 1. The summed E-state index contributed by atoms with van der Waals surface area (Å²) in [5.41, 5.74) is 1.27. The molecule has 29 heavy (non-hydrogen) atoms. The van der Waals surface area contributed by atoms with Gasteiger partial charge in [0.15, 0.2) is 0 Å². The first-order valence-corrected chi connectivity index (χ1v) is 11.3. The Kier molecular flexibility index (Phi) is 7.20. The molecule has 1 N–H and O–H groups in total. The van der Waals surface area contributed by atoms with Crippen LogP contribution in [0.4, 0.5) is 0 Å². The number of aliphatic hydroxyl groups is 1. The second-order valence-electron chi connectivity index (χ2n) is 9.36. The van der Waals surface area contributed by atoms with Crippen molar-refractivity contribution in [2.75, 3.05) is 0 Å². The highest BCUT2D eigenvalue weighted by molar-refractivity contribution is 5.72. The van der Waals surface area contributed by atoms with Crippen LogP contribution >= 0.6 is 0 Å². The molecule has 3 aliphatic rings. The first kappa shape index (κ1) is 22.1. The number of rotatable bonds is 6. The van der Waals surface area contributed by atoms with Crippen molar-refractivity contribution in [1.29, 1.82) is 0 Å². The Morgan fingerprint density at radius 3 is 2.76 bits per heavy atom. The Bertz CT molecular complexity index is 666. The third-order valence-electron chi connectivity index (χ3n) is 6.93. The molecule has 1 unspecified atom stereocenters. The van der Waals surface area contributed by atoms with E-state index in [0.717, 1.165) is 25.7 Å². The van der Waals surface area contributed by atoms with Gasteiger partial charge in [-0.3, -0.25) is 9.59 Å². The number of hydrogen-bond acceptors (Lipinski definition) is 5. The lowest BCUT2D eigenvalue weighted by molar-refractivity contribution is -0.162. The lowest BCUT2D eigenvalue weighted by Crippen LogP contribution is -2.42. The Hall–Kier alpha value is -1.62. The van der Waals surface area contributed by atoms with E-state index in [0.29, 0.717) is 24.2 Å². The Morgan fingerprint density at radius 1 is 1.31 bits per heavy atom. The van der Waals surface area contributed by atoms with Crippen molar-refractivity contribution in [1.82, 2.24) is 0 Å². The fraction of sp³-hybridized carbons (Fsp3) is 0.750. The number of ether oxygens (including phenoxy) is 2. The van der Waals surface area contributed by atoms with E-state index in [9.17, 15) is 14.7 Å². The van der Waals surface area contributed by atoms with Gasteiger partial charge >= 0.3 is 11.9 Å². The summed E-state index contributed by atoms with van der Waals surface area (Å²) in [6.07, 6.45) is 9.70. The molecule has 1 heterocycles. The highest BCUT2D eigenvalue weighted by Gasteiger charge is 2.42. The fourth-order valence-electron chi connectivity index (χ4n) is 5.07. The van der Waals surface area contributed by atoms with Crippen molar-refractivity contribution >= 4 is 11.9 Å². The average Bonchev–Trinajstić information content (AvgIpc) is 2.65. The molecule has 3 rings (SSSR count). The van der Waals surface area contributed by atoms with Gasteiger partial charge in [0.05, 0.1) is 18.4 Å². The van der Waals surface area contributed by atoms with Crippen LogP contribution in [0.2, 0.25) is 0 Å². The van der Waals surface area contributed by atoms with E-state index < -0.39 is 6.10 Å². The maximum atomic E-state index is 12.5. The van der Waals surface area contributed by atoms with Crippen molar-refractivity contribution in [3.8, 4) is 0 Å². The molecule has 0 saturated carbocycles. The summed E-state index contributed by atoms with van der Waals surface area (Å²) < 4.78 is 11.5. The van der Waals surface area contributed by atoms with Gasteiger partial charge < -0.3 is 14.6 Å². The minimum Gasteiger partial charge on any atom is -0.462 e. The smallest absolute Gasteiger partial charge is 0.308 e. The number of fused-ring (bicyclic) bond motifs is 1. The largest absolute Gasteiger partial charge is 0.462 e. The zero-order valence-corrected chi connectivity index (χ0v) is 18.2. The quantitative estimate of drug-likeness (QED) is 0.672. The summed E-state index contributed by atoms with van der Waals surface area (Å²) >= 11 is 0. The third kappa shape index (κ3) is 5.30. The average molecular weight is 405 g/mol. The molecule has 162 valence electrons. The Labute approximate surface area is 174 Å². The van der Waals surface area contributed by atoms with E-state index in [-0.39, 0.29) is 42.4 Å². The second-order valence-corrected chi connectivity index (χ2v) is 9.36. The second kappa shape index (κ2) is 9.46. The van der Waals surface area contributed by atoms with Crippen molar-refractivity contribution < 1.29 is 24.2 Å². The highest BCUT2D eigenvalue weighted by atomic mass is 16.5. The summed E-state index contributed by atoms with van der Waals surface area (Å²) in [4.78, 5) is 24.2. The fourth-order valence-corrected chi connectivity index (χ4v) is 5.07. The van der Waals surface area contributed by atoms with E-state index in [2.05, 4.69) is 32.1 Å². The molecule has 0 aromatic heterocycles. The van der Waals surface area contributed by atoms with E-state index in [1.54, 1.807) is 0 Å². The minimum atomic E-state index is -0.597. The van der Waals surface area contributed by atoms with Gasteiger partial charge in [-0.05, 0) is 49.0 Å². The van der Waals surface area contributed by atoms with E-state index >= 15 is 0 Å². The van der Waals surface area contributed by atoms with Crippen molar-refractivity contribution in [3.63, 3.8) is 0 Å². The summed E-state index contributed by atoms with van der Waals surface area (Å²) in [6.45, 7) is 8.33. The molecule has 0 radical (unpaired) electrons. The van der Waals surface area contributed by atoms with Gasteiger partial charge in [-0.15, -0.1) is 0 Å². The SMILES string of the molecule is CC[C@H](C)C(=O)O[C@H]1C[C@@H](C)C=C2C=C[C@H](C)[C@H](CC[C@@H]3C[C@H](O)CC(=O)O3)C21. The zero-order valence-electron chi connectivity index (χ0n) is 18.2. The van der Waals surface area contributed by atoms with E-state index in [1.807, 2.05) is 13.8 Å². The zero-order chi connectivity index (χ0) is 21.1. The van der Waals surface area contributed by atoms with E-state index in [4.69, 9.17) is 9.47 Å².